The Labute approximate surface area is 132 Å². The lowest BCUT2D eigenvalue weighted by Crippen LogP contribution is -2.27. The third-order valence-electron chi connectivity index (χ3n) is 3.14. The van der Waals surface area contributed by atoms with Crippen molar-refractivity contribution in [2.24, 2.45) is 0 Å². The predicted octanol–water partition coefficient (Wildman–Crippen LogP) is 2.61. The van der Waals surface area contributed by atoms with Crippen LogP contribution in [0.1, 0.15) is 11.4 Å². The van der Waals surface area contributed by atoms with Gasteiger partial charge in [0.15, 0.2) is 0 Å². The average molecular weight is 316 g/mol. The lowest BCUT2D eigenvalue weighted by molar-refractivity contribution is 0.151. The summed E-state index contributed by atoms with van der Waals surface area (Å²) in [6.45, 7) is 4.23. The Kier molecular flexibility index (Phi) is 4.24. The van der Waals surface area contributed by atoms with Gasteiger partial charge < -0.3 is 4.74 Å². The van der Waals surface area contributed by atoms with Crippen molar-refractivity contribution in [2.45, 2.75) is 25.0 Å². The summed E-state index contributed by atoms with van der Waals surface area (Å²) in [6.07, 6.45) is 1.17. The summed E-state index contributed by atoms with van der Waals surface area (Å²) in [7, 11) is 0. The number of amides is 1. The molecule has 2 aromatic rings. The number of hydrogen-bond acceptors (Lipinski definition) is 6. The van der Waals surface area contributed by atoms with Crippen LogP contribution in [0.15, 0.2) is 35.5 Å². The maximum absolute atomic E-state index is 12.0. The first kappa shape index (κ1) is 14.8. The minimum absolute atomic E-state index is 0.191. The summed E-state index contributed by atoms with van der Waals surface area (Å²) >= 11 is 1.57. The molecule has 2 aromatic heterocycles. The Morgan fingerprint density at radius 2 is 2.09 bits per heavy atom. The number of hydrogen-bond donors (Lipinski definition) is 0. The SMILES string of the molecule is Cc1cc(C)nc(N2C[C@H](CSc3ccccn3)OC2=O)n1. The van der Waals surface area contributed by atoms with Crippen LogP contribution < -0.4 is 4.90 Å². The van der Waals surface area contributed by atoms with Gasteiger partial charge in [-0.05, 0) is 32.0 Å². The molecule has 1 amide bonds. The number of aromatic nitrogens is 3. The van der Waals surface area contributed by atoms with E-state index in [0.717, 1.165) is 16.4 Å². The molecule has 1 atom stereocenters. The highest BCUT2D eigenvalue weighted by atomic mass is 32.2. The van der Waals surface area contributed by atoms with Crippen LogP contribution in [-0.2, 0) is 4.74 Å². The lowest BCUT2D eigenvalue weighted by atomic mass is 10.3. The van der Waals surface area contributed by atoms with Gasteiger partial charge in [-0.1, -0.05) is 6.07 Å². The number of carbonyl (C=O) groups is 1. The summed E-state index contributed by atoms with van der Waals surface area (Å²) in [4.78, 5) is 26.4. The van der Waals surface area contributed by atoms with Crippen molar-refractivity contribution < 1.29 is 9.53 Å². The normalized spacial score (nSPS) is 17.6. The Morgan fingerprint density at radius 3 is 2.77 bits per heavy atom. The number of ether oxygens (including phenoxy) is 1. The molecule has 3 rings (SSSR count). The highest BCUT2D eigenvalue weighted by Crippen LogP contribution is 2.23. The van der Waals surface area contributed by atoms with Crippen LogP contribution in [0.5, 0.6) is 0 Å². The Hall–Kier alpha value is -2.15. The van der Waals surface area contributed by atoms with E-state index < -0.39 is 6.09 Å². The largest absolute Gasteiger partial charge is 0.443 e. The molecule has 0 bridgehead atoms. The van der Waals surface area contributed by atoms with Gasteiger partial charge in [0.2, 0.25) is 5.95 Å². The van der Waals surface area contributed by atoms with Crippen LogP contribution in [-0.4, -0.2) is 39.4 Å². The van der Waals surface area contributed by atoms with E-state index in [2.05, 4.69) is 15.0 Å². The first-order chi connectivity index (χ1) is 10.6. The average Bonchev–Trinajstić information content (AvgIpc) is 2.86. The van der Waals surface area contributed by atoms with Gasteiger partial charge in [-0.15, -0.1) is 11.8 Å². The van der Waals surface area contributed by atoms with Gasteiger partial charge in [0.25, 0.3) is 0 Å². The summed E-state index contributed by atoms with van der Waals surface area (Å²) < 4.78 is 5.39. The Morgan fingerprint density at radius 1 is 1.32 bits per heavy atom. The maximum Gasteiger partial charge on any atom is 0.417 e. The van der Waals surface area contributed by atoms with E-state index in [1.165, 1.54) is 4.90 Å². The molecule has 0 unspecified atom stereocenters. The number of nitrogens with zero attached hydrogens (tertiary/aromatic N) is 4. The van der Waals surface area contributed by atoms with Gasteiger partial charge in [0, 0.05) is 23.3 Å². The number of thioether (sulfide) groups is 1. The van der Waals surface area contributed by atoms with Crippen LogP contribution >= 0.6 is 11.8 Å². The van der Waals surface area contributed by atoms with Gasteiger partial charge in [-0.2, -0.15) is 0 Å². The van der Waals surface area contributed by atoms with Crippen LogP contribution in [0.25, 0.3) is 0 Å². The lowest BCUT2D eigenvalue weighted by Gasteiger charge is -2.11. The van der Waals surface area contributed by atoms with Crippen LogP contribution in [0.4, 0.5) is 10.7 Å². The molecule has 1 aliphatic rings. The highest BCUT2D eigenvalue weighted by molar-refractivity contribution is 7.99. The summed E-state index contributed by atoms with van der Waals surface area (Å²) in [5, 5.41) is 0.916. The van der Waals surface area contributed by atoms with Crippen molar-refractivity contribution in [3.05, 3.63) is 41.9 Å². The van der Waals surface area contributed by atoms with E-state index in [-0.39, 0.29) is 6.10 Å². The fourth-order valence-electron chi connectivity index (χ4n) is 2.21. The zero-order valence-electron chi connectivity index (χ0n) is 12.4. The molecule has 0 aliphatic carbocycles. The quantitative estimate of drug-likeness (QED) is 0.808. The molecular formula is C15H16N4O2S. The van der Waals surface area contributed by atoms with Crippen molar-refractivity contribution in [2.75, 3.05) is 17.2 Å². The van der Waals surface area contributed by atoms with E-state index in [9.17, 15) is 4.79 Å². The topological polar surface area (TPSA) is 68.2 Å². The van der Waals surface area contributed by atoms with E-state index in [4.69, 9.17) is 4.74 Å². The molecule has 6 nitrogen and oxygen atoms in total. The fourth-order valence-corrected chi connectivity index (χ4v) is 3.05. The molecule has 22 heavy (non-hydrogen) atoms. The molecule has 0 saturated carbocycles. The number of aryl methyl sites for hydroxylation is 2. The zero-order chi connectivity index (χ0) is 15.5. The Bertz CT molecular complexity index is 660. The minimum atomic E-state index is -0.392. The smallest absolute Gasteiger partial charge is 0.417 e. The molecule has 1 saturated heterocycles. The van der Waals surface area contributed by atoms with E-state index >= 15 is 0 Å². The second kappa shape index (κ2) is 6.31. The maximum atomic E-state index is 12.0. The molecule has 0 aromatic carbocycles. The monoisotopic (exact) mass is 316 g/mol. The van der Waals surface area contributed by atoms with Gasteiger partial charge in [-0.25, -0.2) is 24.6 Å². The molecule has 0 radical (unpaired) electrons. The van der Waals surface area contributed by atoms with Crippen molar-refractivity contribution in [3.63, 3.8) is 0 Å². The first-order valence-corrected chi connectivity index (χ1v) is 7.94. The third kappa shape index (κ3) is 3.36. The number of pyridine rings is 1. The third-order valence-corrected chi connectivity index (χ3v) is 4.22. The molecule has 3 heterocycles. The van der Waals surface area contributed by atoms with Gasteiger partial charge in [0.05, 0.1) is 11.6 Å². The number of carbonyl (C=O) groups excluding carboxylic acids is 1. The van der Waals surface area contributed by atoms with Crippen LogP contribution in [0.3, 0.4) is 0 Å². The molecule has 7 heteroatoms. The van der Waals surface area contributed by atoms with Crippen molar-refractivity contribution in [1.29, 1.82) is 0 Å². The predicted molar refractivity (Wildman–Crippen MR) is 84.1 cm³/mol. The van der Waals surface area contributed by atoms with Gasteiger partial charge in [0.1, 0.15) is 6.10 Å². The summed E-state index contributed by atoms with van der Waals surface area (Å²) in [5.74, 6) is 1.07. The number of anilines is 1. The van der Waals surface area contributed by atoms with Crippen molar-refractivity contribution in [1.82, 2.24) is 15.0 Å². The minimum Gasteiger partial charge on any atom is -0.443 e. The standard InChI is InChI=1S/C15H16N4O2S/c1-10-7-11(2)18-14(17-10)19-8-12(21-15(19)20)9-22-13-5-3-4-6-16-13/h3-7,12H,8-9H2,1-2H3/t12-/m1/s1. The van der Waals surface area contributed by atoms with E-state index in [1.54, 1.807) is 18.0 Å². The second-order valence-corrected chi connectivity index (χ2v) is 6.09. The van der Waals surface area contributed by atoms with Crippen molar-refractivity contribution in [3.8, 4) is 0 Å². The second-order valence-electron chi connectivity index (χ2n) is 5.05. The molecule has 0 spiro atoms. The van der Waals surface area contributed by atoms with Crippen LogP contribution in [0.2, 0.25) is 0 Å². The number of cyclic esters (lactones) is 1. The summed E-state index contributed by atoms with van der Waals surface area (Å²) in [5.41, 5.74) is 1.67. The molecule has 1 fully saturated rings. The van der Waals surface area contributed by atoms with Crippen LogP contribution in [0, 0.1) is 13.8 Å². The van der Waals surface area contributed by atoms with Gasteiger partial charge in [-0.3, -0.25) is 0 Å². The molecule has 1 aliphatic heterocycles. The molecule has 114 valence electrons. The van der Waals surface area contributed by atoms with E-state index in [0.29, 0.717) is 18.2 Å². The van der Waals surface area contributed by atoms with Crippen molar-refractivity contribution >= 4 is 23.8 Å². The molecule has 0 N–H and O–H groups in total. The van der Waals surface area contributed by atoms with E-state index in [1.807, 2.05) is 38.1 Å². The zero-order valence-corrected chi connectivity index (χ0v) is 13.2. The van der Waals surface area contributed by atoms with Gasteiger partial charge >= 0.3 is 6.09 Å². The number of rotatable bonds is 4. The summed E-state index contributed by atoms with van der Waals surface area (Å²) in [6, 6.07) is 7.62. The first-order valence-electron chi connectivity index (χ1n) is 6.96. The highest BCUT2D eigenvalue weighted by Gasteiger charge is 2.34. The Balaban J connectivity index is 1.65. The molecular weight excluding hydrogens is 300 g/mol. The fraction of sp³-hybridized carbons (Fsp3) is 0.333.